The lowest BCUT2D eigenvalue weighted by atomic mass is 10.0. The van der Waals surface area contributed by atoms with Gasteiger partial charge in [0.1, 0.15) is 5.84 Å². The van der Waals surface area contributed by atoms with Crippen molar-refractivity contribution in [2.24, 2.45) is 10.7 Å². The van der Waals surface area contributed by atoms with E-state index in [2.05, 4.69) is 31.0 Å². The largest absolute Gasteiger partial charge is 0.387 e. The summed E-state index contributed by atoms with van der Waals surface area (Å²) in [6, 6.07) is 4.22. The first-order valence-corrected chi connectivity index (χ1v) is 4.10. The van der Waals surface area contributed by atoms with Gasteiger partial charge in [-0.1, -0.05) is 12.1 Å². The fraction of sp³-hybridized carbons (Fsp3) is 0.300. The van der Waals surface area contributed by atoms with Gasteiger partial charge in [0.2, 0.25) is 0 Å². The lowest BCUT2D eigenvalue weighted by Crippen LogP contribution is -2.10. The zero-order valence-electron chi connectivity index (χ0n) is 7.39. The second-order valence-corrected chi connectivity index (χ2v) is 3.31. The summed E-state index contributed by atoms with van der Waals surface area (Å²) in [6.45, 7) is 4.17. The van der Waals surface area contributed by atoms with E-state index in [0.717, 1.165) is 17.9 Å². The Kier molecular flexibility index (Phi) is 1.43. The minimum atomic E-state index is 0.738. The van der Waals surface area contributed by atoms with E-state index in [-0.39, 0.29) is 0 Å². The average Bonchev–Trinajstić information content (AvgIpc) is 2.41. The van der Waals surface area contributed by atoms with Gasteiger partial charge in [-0.25, -0.2) is 4.99 Å². The molecule has 0 amide bonds. The van der Waals surface area contributed by atoms with Crippen molar-refractivity contribution in [2.45, 2.75) is 20.3 Å². The highest BCUT2D eigenvalue weighted by atomic mass is 14.9. The van der Waals surface area contributed by atoms with Crippen LogP contribution in [0.15, 0.2) is 17.1 Å². The second kappa shape index (κ2) is 2.34. The number of rotatable bonds is 0. The maximum atomic E-state index is 5.67. The molecule has 0 saturated heterocycles. The minimum absolute atomic E-state index is 0.738. The van der Waals surface area contributed by atoms with Gasteiger partial charge in [-0.15, -0.1) is 0 Å². The van der Waals surface area contributed by atoms with Gasteiger partial charge in [0.25, 0.3) is 0 Å². The van der Waals surface area contributed by atoms with Crippen molar-refractivity contribution in [2.75, 3.05) is 0 Å². The van der Waals surface area contributed by atoms with Crippen molar-refractivity contribution < 1.29 is 0 Å². The Labute approximate surface area is 72.1 Å². The molecule has 0 aromatic heterocycles. The van der Waals surface area contributed by atoms with Crippen molar-refractivity contribution in [1.82, 2.24) is 0 Å². The molecule has 1 aromatic rings. The number of aliphatic imine (C=N–C) groups is 1. The number of benzene rings is 1. The standard InChI is InChI=1S/C10H12N2/c1-6-3-4-7(2)10-8(6)5-9(11)12-10/h3-4H,5H2,1-2H3,(H2,11,12). The molecule has 2 N–H and O–H groups in total. The van der Waals surface area contributed by atoms with Gasteiger partial charge in [-0.3, -0.25) is 0 Å². The van der Waals surface area contributed by atoms with Gasteiger partial charge in [0.15, 0.2) is 0 Å². The van der Waals surface area contributed by atoms with Crippen molar-refractivity contribution in [3.05, 3.63) is 28.8 Å². The SMILES string of the molecule is Cc1ccc(C)c2c1CC(N)=N2. The van der Waals surface area contributed by atoms with E-state index in [1.807, 2.05) is 0 Å². The Hall–Kier alpha value is -1.31. The van der Waals surface area contributed by atoms with Crippen LogP contribution in [0.1, 0.15) is 16.7 Å². The van der Waals surface area contributed by atoms with Gasteiger partial charge < -0.3 is 5.73 Å². The Morgan fingerprint density at radius 1 is 1.25 bits per heavy atom. The third kappa shape index (κ3) is 0.916. The van der Waals surface area contributed by atoms with E-state index in [0.29, 0.717) is 0 Å². The maximum Gasteiger partial charge on any atom is 0.104 e. The lowest BCUT2D eigenvalue weighted by Gasteiger charge is -2.03. The highest BCUT2D eigenvalue weighted by Crippen LogP contribution is 2.31. The summed E-state index contributed by atoms with van der Waals surface area (Å²) in [4.78, 5) is 4.31. The van der Waals surface area contributed by atoms with Crippen molar-refractivity contribution in [1.29, 1.82) is 0 Å². The number of hydrogen-bond acceptors (Lipinski definition) is 2. The number of nitrogens with two attached hydrogens (primary N) is 1. The summed E-state index contributed by atoms with van der Waals surface area (Å²) in [6.07, 6.45) is 0.822. The van der Waals surface area contributed by atoms with Gasteiger partial charge >= 0.3 is 0 Å². The normalized spacial score (nSPS) is 14.3. The third-order valence-electron chi connectivity index (χ3n) is 2.33. The van der Waals surface area contributed by atoms with Crippen LogP contribution in [0.4, 0.5) is 5.69 Å². The highest BCUT2D eigenvalue weighted by Gasteiger charge is 2.15. The number of aryl methyl sites for hydroxylation is 2. The molecule has 0 unspecified atom stereocenters. The molecule has 0 spiro atoms. The number of hydrogen-bond donors (Lipinski definition) is 1. The van der Waals surface area contributed by atoms with Gasteiger partial charge in [0, 0.05) is 6.42 Å². The molecule has 2 rings (SSSR count). The zero-order valence-corrected chi connectivity index (χ0v) is 7.39. The Balaban J connectivity index is 2.66. The predicted octanol–water partition coefficient (Wildman–Crippen LogP) is 1.85. The quantitative estimate of drug-likeness (QED) is 0.618. The first-order valence-electron chi connectivity index (χ1n) is 4.10. The fourth-order valence-corrected chi connectivity index (χ4v) is 1.60. The summed E-state index contributed by atoms with van der Waals surface area (Å²) in [5.74, 6) is 0.738. The first kappa shape index (κ1) is 7.35. The Bertz CT molecular complexity index is 364. The van der Waals surface area contributed by atoms with Crippen LogP contribution < -0.4 is 5.73 Å². The van der Waals surface area contributed by atoms with Crippen molar-refractivity contribution in [3.63, 3.8) is 0 Å². The molecule has 0 saturated carbocycles. The number of fused-ring (bicyclic) bond motifs is 1. The van der Waals surface area contributed by atoms with Gasteiger partial charge in [-0.05, 0) is 30.5 Å². The highest BCUT2D eigenvalue weighted by molar-refractivity contribution is 5.92. The van der Waals surface area contributed by atoms with Crippen LogP contribution in [0.25, 0.3) is 0 Å². The van der Waals surface area contributed by atoms with E-state index in [9.17, 15) is 0 Å². The van der Waals surface area contributed by atoms with Crippen LogP contribution in [0.5, 0.6) is 0 Å². The summed E-state index contributed by atoms with van der Waals surface area (Å²) in [5.41, 5.74) is 10.6. The van der Waals surface area contributed by atoms with Crippen LogP contribution in [-0.4, -0.2) is 5.84 Å². The first-order chi connectivity index (χ1) is 5.68. The second-order valence-electron chi connectivity index (χ2n) is 3.31. The molecule has 2 heteroatoms. The summed E-state index contributed by atoms with van der Waals surface area (Å²) < 4.78 is 0. The molecule has 0 fully saturated rings. The molecule has 62 valence electrons. The van der Waals surface area contributed by atoms with E-state index in [4.69, 9.17) is 5.73 Å². The number of amidine groups is 1. The van der Waals surface area contributed by atoms with E-state index in [1.165, 1.54) is 16.7 Å². The maximum absolute atomic E-state index is 5.67. The lowest BCUT2D eigenvalue weighted by molar-refractivity contribution is 1.27. The molecule has 1 aliphatic rings. The molecule has 1 aromatic carbocycles. The molecule has 1 aliphatic heterocycles. The van der Waals surface area contributed by atoms with E-state index >= 15 is 0 Å². The zero-order chi connectivity index (χ0) is 8.72. The van der Waals surface area contributed by atoms with E-state index in [1.54, 1.807) is 0 Å². The minimum Gasteiger partial charge on any atom is -0.387 e. The number of nitrogens with zero attached hydrogens (tertiary/aromatic N) is 1. The molecular weight excluding hydrogens is 148 g/mol. The molecule has 0 bridgehead atoms. The van der Waals surface area contributed by atoms with Crippen LogP contribution in [-0.2, 0) is 6.42 Å². The van der Waals surface area contributed by atoms with Crippen molar-refractivity contribution >= 4 is 11.5 Å². The summed E-state index contributed by atoms with van der Waals surface area (Å²) >= 11 is 0. The summed E-state index contributed by atoms with van der Waals surface area (Å²) in [7, 11) is 0. The third-order valence-corrected chi connectivity index (χ3v) is 2.33. The molecular formula is C10H12N2. The van der Waals surface area contributed by atoms with Gasteiger partial charge in [-0.2, -0.15) is 0 Å². The molecule has 1 heterocycles. The van der Waals surface area contributed by atoms with Crippen LogP contribution in [0, 0.1) is 13.8 Å². The van der Waals surface area contributed by atoms with Crippen molar-refractivity contribution in [3.8, 4) is 0 Å². The topological polar surface area (TPSA) is 38.4 Å². The van der Waals surface area contributed by atoms with Crippen LogP contribution >= 0.6 is 0 Å². The molecule has 0 aliphatic carbocycles. The van der Waals surface area contributed by atoms with Crippen LogP contribution in [0.2, 0.25) is 0 Å². The molecule has 2 nitrogen and oxygen atoms in total. The molecule has 12 heavy (non-hydrogen) atoms. The smallest absolute Gasteiger partial charge is 0.104 e. The monoisotopic (exact) mass is 160 g/mol. The van der Waals surface area contributed by atoms with Crippen LogP contribution in [0.3, 0.4) is 0 Å². The average molecular weight is 160 g/mol. The summed E-state index contributed by atoms with van der Waals surface area (Å²) in [5, 5.41) is 0. The van der Waals surface area contributed by atoms with Gasteiger partial charge in [0.05, 0.1) is 5.69 Å². The Morgan fingerprint density at radius 2 is 1.92 bits per heavy atom. The van der Waals surface area contributed by atoms with E-state index < -0.39 is 0 Å². The molecule has 0 radical (unpaired) electrons. The fourth-order valence-electron chi connectivity index (χ4n) is 1.60. The molecule has 0 atom stereocenters. The predicted molar refractivity (Wildman–Crippen MR) is 50.9 cm³/mol. The Morgan fingerprint density at radius 3 is 2.58 bits per heavy atom.